The van der Waals surface area contributed by atoms with E-state index in [0.717, 1.165) is 31.6 Å². The summed E-state index contributed by atoms with van der Waals surface area (Å²) in [5, 5.41) is 2.71. The summed E-state index contributed by atoms with van der Waals surface area (Å²) in [4.78, 5) is 11.7. The van der Waals surface area contributed by atoms with Crippen molar-refractivity contribution in [2.24, 2.45) is 5.92 Å². The average Bonchev–Trinajstić information content (AvgIpc) is 2.35. The molecule has 98 valence electrons. The number of hydrogen-bond acceptors (Lipinski definition) is 3. The molecule has 4 heteroatoms. The van der Waals surface area contributed by atoms with Crippen LogP contribution in [0, 0.1) is 5.92 Å². The van der Waals surface area contributed by atoms with Crippen LogP contribution in [0.1, 0.15) is 32.6 Å². The van der Waals surface area contributed by atoms with Crippen LogP contribution in [-0.2, 0) is 4.74 Å². The summed E-state index contributed by atoms with van der Waals surface area (Å²) in [5.41, 5.74) is 6.96. The van der Waals surface area contributed by atoms with Crippen molar-refractivity contribution in [2.45, 2.75) is 38.7 Å². The summed E-state index contributed by atoms with van der Waals surface area (Å²) in [6, 6.07) is 7.02. The summed E-state index contributed by atoms with van der Waals surface area (Å²) in [5.74, 6) is 0.755. The highest BCUT2D eigenvalue weighted by atomic mass is 16.6. The van der Waals surface area contributed by atoms with Gasteiger partial charge in [0, 0.05) is 11.4 Å². The Bertz CT molecular complexity index is 395. The standard InChI is InChI=1S/C14H20N2O2/c1-10-2-8-13(9-3-10)18-14(17)16-12-6-4-11(15)5-7-12/h4-7,10,13H,2-3,8-9,15H2,1H3,(H,16,17). The summed E-state index contributed by atoms with van der Waals surface area (Å²) in [6.07, 6.45) is 3.90. The molecule has 1 aliphatic rings. The zero-order valence-electron chi connectivity index (χ0n) is 10.7. The van der Waals surface area contributed by atoms with Gasteiger partial charge in [0.2, 0.25) is 0 Å². The molecular weight excluding hydrogens is 228 g/mol. The van der Waals surface area contributed by atoms with E-state index in [4.69, 9.17) is 10.5 Å². The molecule has 1 saturated carbocycles. The van der Waals surface area contributed by atoms with E-state index >= 15 is 0 Å². The monoisotopic (exact) mass is 248 g/mol. The molecule has 0 radical (unpaired) electrons. The molecule has 2 rings (SSSR count). The number of nitrogens with one attached hydrogen (secondary N) is 1. The number of anilines is 2. The molecular formula is C14H20N2O2. The first kappa shape index (κ1) is 12.7. The Balaban J connectivity index is 1.80. The molecule has 0 unspecified atom stereocenters. The van der Waals surface area contributed by atoms with Crippen molar-refractivity contribution in [3.63, 3.8) is 0 Å². The van der Waals surface area contributed by atoms with Crippen LogP contribution in [0.3, 0.4) is 0 Å². The van der Waals surface area contributed by atoms with Crippen molar-refractivity contribution >= 4 is 17.5 Å². The molecule has 1 amide bonds. The molecule has 0 heterocycles. The lowest BCUT2D eigenvalue weighted by Gasteiger charge is -2.25. The molecule has 1 aromatic rings. The van der Waals surface area contributed by atoms with Crippen molar-refractivity contribution in [1.82, 2.24) is 0 Å². The fourth-order valence-electron chi connectivity index (χ4n) is 2.21. The van der Waals surface area contributed by atoms with E-state index in [-0.39, 0.29) is 12.2 Å². The third kappa shape index (κ3) is 3.65. The van der Waals surface area contributed by atoms with Gasteiger partial charge in [0.15, 0.2) is 0 Å². The smallest absolute Gasteiger partial charge is 0.411 e. The van der Waals surface area contributed by atoms with Gasteiger partial charge in [-0.1, -0.05) is 6.92 Å². The molecule has 1 aliphatic carbocycles. The Morgan fingerprint density at radius 1 is 1.22 bits per heavy atom. The maximum Gasteiger partial charge on any atom is 0.411 e. The number of hydrogen-bond donors (Lipinski definition) is 2. The van der Waals surface area contributed by atoms with Crippen LogP contribution in [0.4, 0.5) is 16.2 Å². The SMILES string of the molecule is CC1CCC(OC(=O)Nc2ccc(N)cc2)CC1. The third-order valence-corrected chi connectivity index (χ3v) is 3.39. The lowest BCUT2D eigenvalue weighted by molar-refractivity contribution is 0.0765. The summed E-state index contributed by atoms with van der Waals surface area (Å²) < 4.78 is 5.39. The van der Waals surface area contributed by atoms with Crippen molar-refractivity contribution < 1.29 is 9.53 Å². The highest BCUT2D eigenvalue weighted by molar-refractivity contribution is 5.84. The quantitative estimate of drug-likeness (QED) is 0.788. The van der Waals surface area contributed by atoms with Gasteiger partial charge in [-0.25, -0.2) is 4.79 Å². The second kappa shape index (κ2) is 5.76. The lowest BCUT2D eigenvalue weighted by atomic mass is 9.89. The average molecular weight is 248 g/mol. The van der Waals surface area contributed by atoms with E-state index in [0.29, 0.717) is 11.4 Å². The van der Waals surface area contributed by atoms with E-state index in [1.54, 1.807) is 24.3 Å². The van der Waals surface area contributed by atoms with E-state index in [1.165, 1.54) is 0 Å². The van der Waals surface area contributed by atoms with E-state index in [2.05, 4.69) is 12.2 Å². The second-order valence-electron chi connectivity index (χ2n) is 5.03. The third-order valence-electron chi connectivity index (χ3n) is 3.39. The Labute approximate surface area is 108 Å². The van der Waals surface area contributed by atoms with Crippen molar-refractivity contribution in [1.29, 1.82) is 0 Å². The van der Waals surface area contributed by atoms with Gasteiger partial charge in [-0.3, -0.25) is 5.32 Å². The highest BCUT2D eigenvalue weighted by Crippen LogP contribution is 2.25. The number of carbonyl (C=O) groups is 1. The van der Waals surface area contributed by atoms with Crippen molar-refractivity contribution in [3.05, 3.63) is 24.3 Å². The topological polar surface area (TPSA) is 64.3 Å². The summed E-state index contributed by atoms with van der Waals surface area (Å²) >= 11 is 0. The first-order chi connectivity index (χ1) is 8.63. The number of amides is 1. The number of nitrogens with two attached hydrogens (primary N) is 1. The number of ether oxygens (including phenoxy) is 1. The van der Waals surface area contributed by atoms with Gasteiger partial charge in [0.25, 0.3) is 0 Å². The van der Waals surface area contributed by atoms with Crippen LogP contribution in [0.5, 0.6) is 0 Å². The Hall–Kier alpha value is -1.71. The summed E-state index contributed by atoms with van der Waals surface area (Å²) in [6.45, 7) is 2.24. The molecule has 0 aromatic heterocycles. The fourth-order valence-corrected chi connectivity index (χ4v) is 2.21. The Morgan fingerprint density at radius 3 is 2.44 bits per heavy atom. The second-order valence-corrected chi connectivity index (χ2v) is 5.03. The van der Waals surface area contributed by atoms with Gasteiger partial charge in [0.1, 0.15) is 6.10 Å². The molecule has 1 fully saturated rings. The minimum Gasteiger partial charge on any atom is -0.446 e. The first-order valence-electron chi connectivity index (χ1n) is 6.46. The predicted molar refractivity (Wildman–Crippen MR) is 72.4 cm³/mol. The van der Waals surface area contributed by atoms with Crippen LogP contribution in [0.25, 0.3) is 0 Å². The zero-order valence-corrected chi connectivity index (χ0v) is 10.7. The van der Waals surface area contributed by atoms with Gasteiger partial charge in [-0.05, 0) is 55.9 Å². The van der Waals surface area contributed by atoms with Crippen LogP contribution < -0.4 is 11.1 Å². The van der Waals surface area contributed by atoms with Gasteiger partial charge in [0.05, 0.1) is 0 Å². The van der Waals surface area contributed by atoms with E-state index in [1.807, 2.05) is 0 Å². The Kier molecular flexibility index (Phi) is 4.07. The van der Waals surface area contributed by atoms with Crippen LogP contribution in [0.15, 0.2) is 24.3 Å². The molecule has 0 saturated heterocycles. The van der Waals surface area contributed by atoms with Crippen LogP contribution >= 0.6 is 0 Å². The van der Waals surface area contributed by atoms with Crippen LogP contribution in [-0.4, -0.2) is 12.2 Å². The lowest BCUT2D eigenvalue weighted by Crippen LogP contribution is -2.26. The van der Waals surface area contributed by atoms with Crippen molar-refractivity contribution in [2.75, 3.05) is 11.1 Å². The van der Waals surface area contributed by atoms with Crippen LogP contribution in [0.2, 0.25) is 0 Å². The maximum absolute atomic E-state index is 11.7. The normalized spacial score (nSPS) is 23.4. The van der Waals surface area contributed by atoms with E-state index < -0.39 is 0 Å². The van der Waals surface area contributed by atoms with Gasteiger partial charge in [-0.15, -0.1) is 0 Å². The highest BCUT2D eigenvalue weighted by Gasteiger charge is 2.21. The molecule has 0 bridgehead atoms. The molecule has 4 nitrogen and oxygen atoms in total. The van der Waals surface area contributed by atoms with Gasteiger partial charge in [-0.2, -0.15) is 0 Å². The molecule has 1 aromatic carbocycles. The number of rotatable bonds is 2. The molecule has 0 spiro atoms. The minimum atomic E-state index is -0.376. The van der Waals surface area contributed by atoms with Gasteiger partial charge >= 0.3 is 6.09 Å². The van der Waals surface area contributed by atoms with Gasteiger partial charge < -0.3 is 10.5 Å². The Morgan fingerprint density at radius 2 is 1.83 bits per heavy atom. The summed E-state index contributed by atoms with van der Waals surface area (Å²) in [7, 11) is 0. The number of carbonyl (C=O) groups excluding carboxylic acids is 1. The van der Waals surface area contributed by atoms with Crippen molar-refractivity contribution in [3.8, 4) is 0 Å². The molecule has 0 atom stereocenters. The number of nitrogen functional groups attached to an aromatic ring is 1. The maximum atomic E-state index is 11.7. The minimum absolute atomic E-state index is 0.0648. The van der Waals surface area contributed by atoms with E-state index in [9.17, 15) is 4.79 Å². The first-order valence-corrected chi connectivity index (χ1v) is 6.46. The molecule has 0 aliphatic heterocycles. The molecule has 18 heavy (non-hydrogen) atoms. The zero-order chi connectivity index (χ0) is 13.0. The largest absolute Gasteiger partial charge is 0.446 e. The molecule has 3 N–H and O–H groups in total. The number of benzene rings is 1. The predicted octanol–water partition coefficient (Wildman–Crippen LogP) is 3.40. The fraction of sp³-hybridized carbons (Fsp3) is 0.500.